The van der Waals surface area contributed by atoms with E-state index in [1.807, 2.05) is 0 Å². The molecule has 2 aliphatic heterocycles. The zero-order valence-electron chi connectivity index (χ0n) is 11.9. The number of carbonyl (C=O) groups is 1. The third kappa shape index (κ3) is 2.54. The van der Waals surface area contributed by atoms with Gasteiger partial charge in [0, 0.05) is 26.7 Å². The van der Waals surface area contributed by atoms with Crippen molar-refractivity contribution in [2.45, 2.75) is 51.7 Å². The van der Waals surface area contributed by atoms with Gasteiger partial charge >= 0.3 is 0 Å². The van der Waals surface area contributed by atoms with Gasteiger partial charge in [-0.1, -0.05) is 13.8 Å². The molecule has 1 amide bonds. The Kier molecular flexibility index (Phi) is 4.28. The summed E-state index contributed by atoms with van der Waals surface area (Å²) < 4.78 is 5.30. The van der Waals surface area contributed by atoms with Crippen molar-refractivity contribution in [2.75, 3.05) is 26.7 Å². The van der Waals surface area contributed by atoms with Crippen LogP contribution in [0.3, 0.4) is 0 Å². The first-order valence-electron chi connectivity index (χ1n) is 7.19. The maximum Gasteiger partial charge on any atom is 0.239 e. The van der Waals surface area contributed by atoms with E-state index in [0.29, 0.717) is 5.41 Å². The molecule has 0 aliphatic carbocycles. The van der Waals surface area contributed by atoms with E-state index < -0.39 is 0 Å². The van der Waals surface area contributed by atoms with Gasteiger partial charge < -0.3 is 15.0 Å². The van der Waals surface area contributed by atoms with Crippen molar-refractivity contribution in [2.24, 2.45) is 5.41 Å². The zero-order valence-corrected chi connectivity index (χ0v) is 11.9. The molecule has 2 saturated heterocycles. The highest BCUT2D eigenvalue weighted by Crippen LogP contribution is 2.37. The lowest BCUT2D eigenvalue weighted by atomic mass is 9.82. The molecule has 2 fully saturated rings. The lowest BCUT2D eigenvalue weighted by Crippen LogP contribution is -2.43. The van der Waals surface area contributed by atoms with Gasteiger partial charge in [0.15, 0.2) is 0 Å². The third-order valence-electron chi connectivity index (χ3n) is 4.97. The van der Waals surface area contributed by atoms with E-state index in [9.17, 15) is 4.79 Å². The number of methoxy groups -OCH3 is 1. The van der Waals surface area contributed by atoms with Crippen LogP contribution in [-0.2, 0) is 9.53 Å². The quantitative estimate of drug-likeness (QED) is 0.824. The normalized spacial score (nSPS) is 30.9. The summed E-state index contributed by atoms with van der Waals surface area (Å²) in [5.74, 6) is 0.276. The molecular formula is C14H26N2O2. The van der Waals surface area contributed by atoms with Gasteiger partial charge in [-0.3, -0.25) is 4.79 Å². The maximum absolute atomic E-state index is 12.4. The third-order valence-corrected chi connectivity index (χ3v) is 4.97. The van der Waals surface area contributed by atoms with Crippen LogP contribution in [0.1, 0.15) is 39.5 Å². The Hall–Kier alpha value is -0.610. The van der Waals surface area contributed by atoms with Gasteiger partial charge in [0.05, 0.1) is 12.1 Å². The van der Waals surface area contributed by atoms with Crippen LogP contribution < -0.4 is 5.32 Å². The van der Waals surface area contributed by atoms with Crippen LogP contribution in [-0.4, -0.2) is 49.7 Å². The predicted octanol–water partition coefficient (Wildman–Crippen LogP) is 1.40. The number of carbonyl (C=O) groups excluding carboxylic acids is 1. The minimum absolute atomic E-state index is 0.0283. The molecule has 4 nitrogen and oxygen atoms in total. The van der Waals surface area contributed by atoms with Crippen molar-refractivity contribution >= 4 is 5.91 Å². The molecule has 1 N–H and O–H groups in total. The van der Waals surface area contributed by atoms with Crippen LogP contribution in [0, 0.1) is 5.41 Å². The van der Waals surface area contributed by atoms with Gasteiger partial charge in [-0.25, -0.2) is 0 Å². The molecule has 4 heteroatoms. The van der Waals surface area contributed by atoms with Crippen LogP contribution in [0.5, 0.6) is 0 Å². The molecule has 104 valence electrons. The Bertz CT molecular complexity index is 302. The molecule has 0 aromatic rings. The summed E-state index contributed by atoms with van der Waals surface area (Å²) in [6.07, 6.45) is 4.52. The highest BCUT2D eigenvalue weighted by atomic mass is 16.5. The molecule has 0 radical (unpaired) electrons. The summed E-state index contributed by atoms with van der Waals surface area (Å²) in [6, 6.07) is -0.0283. The summed E-state index contributed by atoms with van der Waals surface area (Å²) in [5.41, 5.74) is 0.370. The Morgan fingerprint density at radius 1 is 1.44 bits per heavy atom. The van der Waals surface area contributed by atoms with Crippen LogP contribution in [0.4, 0.5) is 0 Å². The monoisotopic (exact) mass is 254 g/mol. The van der Waals surface area contributed by atoms with Crippen LogP contribution in [0.25, 0.3) is 0 Å². The average Bonchev–Trinajstić information content (AvgIpc) is 3.05. The number of hydrogen-bond acceptors (Lipinski definition) is 3. The Morgan fingerprint density at radius 3 is 2.67 bits per heavy atom. The smallest absolute Gasteiger partial charge is 0.239 e. The standard InChI is InChI=1S/C14H26N2O2/c1-4-14(5-2)6-7-16(10-14)13(17)12-8-11(18-3)9-15-12/h11-12,15H,4-10H2,1-3H3. The molecule has 2 heterocycles. The van der Waals surface area contributed by atoms with Crippen molar-refractivity contribution in [3.8, 4) is 0 Å². The minimum atomic E-state index is -0.0283. The Balaban J connectivity index is 1.92. The summed E-state index contributed by atoms with van der Waals surface area (Å²) in [6.45, 7) is 7.15. The van der Waals surface area contributed by atoms with E-state index in [-0.39, 0.29) is 18.1 Å². The topological polar surface area (TPSA) is 41.6 Å². The van der Waals surface area contributed by atoms with E-state index in [0.717, 1.165) is 32.5 Å². The first kappa shape index (κ1) is 13.8. The van der Waals surface area contributed by atoms with Crippen LogP contribution >= 0.6 is 0 Å². The molecule has 0 spiro atoms. The van der Waals surface area contributed by atoms with E-state index in [1.165, 1.54) is 12.8 Å². The fraction of sp³-hybridized carbons (Fsp3) is 0.929. The number of amides is 1. The fourth-order valence-electron chi connectivity index (χ4n) is 3.24. The van der Waals surface area contributed by atoms with Gasteiger partial charge in [-0.05, 0) is 31.1 Å². The van der Waals surface area contributed by atoms with E-state index in [1.54, 1.807) is 7.11 Å². The number of nitrogens with one attached hydrogen (secondary N) is 1. The van der Waals surface area contributed by atoms with Gasteiger partial charge in [0.1, 0.15) is 0 Å². The SMILES string of the molecule is CCC1(CC)CCN(C(=O)C2CC(OC)CN2)C1. The van der Waals surface area contributed by atoms with Crippen molar-refractivity contribution in [1.29, 1.82) is 0 Å². The first-order chi connectivity index (χ1) is 8.64. The van der Waals surface area contributed by atoms with Crippen molar-refractivity contribution in [1.82, 2.24) is 10.2 Å². The number of likely N-dealkylation sites (tertiary alicyclic amines) is 1. The summed E-state index contributed by atoms with van der Waals surface area (Å²) in [7, 11) is 1.72. The second-order valence-electron chi connectivity index (χ2n) is 5.77. The Morgan fingerprint density at radius 2 is 2.17 bits per heavy atom. The average molecular weight is 254 g/mol. The first-order valence-corrected chi connectivity index (χ1v) is 7.19. The molecule has 2 aliphatic rings. The highest BCUT2D eigenvalue weighted by Gasteiger charge is 2.40. The molecular weight excluding hydrogens is 228 g/mol. The molecule has 0 saturated carbocycles. The van der Waals surface area contributed by atoms with Gasteiger partial charge in [0.2, 0.25) is 5.91 Å². The largest absolute Gasteiger partial charge is 0.380 e. The number of ether oxygens (including phenoxy) is 1. The maximum atomic E-state index is 12.4. The van der Waals surface area contributed by atoms with E-state index in [4.69, 9.17) is 4.74 Å². The van der Waals surface area contributed by atoms with E-state index in [2.05, 4.69) is 24.1 Å². The summed E-state index contributed by atoms with van der Waals surface area (Å²) in [5, 5.41) is 3.28. The lowest BCUT2D eigenvalue weighted by molar-refractivity contribution is -0.132. The van der Waals surface area contributed by atoms with Crippen molar-refractivity contribution < 1.29 is 9.53 Å². The van der Waals surface area contributed by atoms with Gasteiger partial charge in [-0.15, -0.1) is 0 Å². The Labute approximate surface area is 110 Å². The van der Waals surface area contributed by atoms with Crippen LogP contribution in [0.2, 0.25) is 0 Å². The van der Waals surface area contributed by atoms with Crippen LogP contribution in [0.15, 0.2) is 0 Å². The molecule has 0 aromatic heterocycles. The summed E-state index contributed by atoms with van der Waals surface area (Å²) in [4.78, 5) is 14.5. The second kappa shape index (κ2) is 5.57. The van der Waals surface area contributed by atoms with Gasteiger partial charge in [-0.2, -0.15) is 0 Å². The highest BCUT2D eigenvalue weighted by molar-refractivity contribution is 5.82. The number of rotatable bonds is 4. The molecule has 18 heavy (non-hydrogen) atoms. The zero-order chi connectivity index (χ0) is 13.2. The van der Waals surface area contributed by atoms with Gasteiger partial charge in [0.25, 0.3) is 0 Å². The molecule has 2 atom stereocenters. The molecule has 0 aromatic carbocycles. The molecule has 2 rings (SSSR count). The number of nitrogens with zero attached hydrogens (tertiary/aromatic N) is 1. The summed E-state index contributed by atoms with van der Waals surface area (Å²) >= 11 is 0. The van der Waals surface area contributed by atoms with Crippen molar-refractivity contribution in [3.05, 3.63) is 0 Å². The van der Waals surface area contributed by atoms with E-state index >= 15 is 0 Å². The fourth-order valence-corrected chi connectivity index (χ4v) is 3.24. The predicted molar refractivity (Wildman–Crippen MR) is 71.4 cm³/mol. The lowest BCUT2D eigenvalue weighted by Gasteiger charge is -2.27. The number of hydrogen-bond donors (Lipinski definition) is 1. The molecule has 0 bridgehead atoms. The second-order valence-corrected chi connectivity index (χ2v) is 5.77. The van der Waals surface area contributed by atoms with Crippen molar-refractivity contribution in [3.63, 3.8) is 0 Å². The minimum Gasteiger partial charge on any atom is -0.380 e. The molecule has 2 unspecified atom stereocenters.